The van der Waals surface area contributed by atoms with E-state index in [0.717, 1.165) is 31.2 Å². The molecular weight excluding hydrogens is 304 g/mol. The number of rotatable bonds is 7. The van der Waals surface area contributed by atoms with Gasteiger partial charge in [0.15, 0.2) is 0 Å². The van der Waals surface area contributed by atoms with E-state index in [-0.39, 0.29) is 28.6 Å². The molecule has 0 spiro atoms. The Kier molecular flexibility index (Phi) is 9.39. The van der Waals surface area contributed by atoms with Crippen molar-refractivity contribution < 1.29 is 13.9 Å². The summed E-state index contributed by atoms with van der Waals surface area (Å²) in [5, 5.41) is 17.7. The molecule has 0 unspecified atom stereocenters. The van der Waals surface area contributed by atoms with Crippen LogP contribution in [0.25, 0.3) is 0 Å². The Labute approximate surface area is 150 Å². The lowest BCUT2D eigenvalue weighted by Crippen LogP contribution is -2.44. The van der Waals surface area contributed by atoms with E-state index in [1.807, 2.05) is 0 Å². The first kappa shape index (κ1) is 20.4. The predicted molar refractivity (Wildman–Crippen MR) is 100 cm³/mol. The fraction of sp³-hybridized carbons (Fsp3) is 0.833. The Morgan fingerprint density at radius 1 is 1.38 bits per heavy atom. The number of amides is 2. The van der Waals surface area contributed by atoms with E-state index in [4.69, 9.17) is 5.26 Å². The molecule has 0 aromatic heterocycles. The molecule has 2 rings (SSSR count). The third-order valence-electron chi connectivity index (χ3n) is 3.83. The zero-order chi connectivity index (χ0) is 17.9. The van der Waals surface area contributed by atoms with Crippen molar-refractivity contribution in [2.45, 2.75) is 58.9 Å². The van der Waals surface area contributed by atoms with Gasteiger partial charge in [-0.3, -0.25) is 9.59 Å². The molecule has 1 aliphatic carbocycles. The van der Waals surface area contributed by atoms with Crippen LogP contribution < -0.4 is 16.0 Å². The fourth-order valence-electron chi connectivity index (χ4n) is 2.45. The van der Waals surface area contributed by atoms with Crippen LogP contribution in [0.5, 0.6) is 0 Å². The number of nitriles is 1. The van der Waals surface area contributed by atoms with Gasteiger partial charge in [0.2, 0.25) is 11.8 Å². The molecule has 1 saturated carbocycles. The van der Waals surface area contributed by atoms with Gasteiger partial charge in [-0.05, 0) is 50.5 Å². The van der Waals surface area contributed by atoms with Crippen molar-refractivity contribution >= 4 is 11.8 Å². The minimum Gasteiger partial charge on any atom is -0.356 e. The van der Waals surface area contributed by atoms with E-state index in [1.165, 1.54) is 12.8 Å². The Balaban J connectivity index is -0.000000751. The Bertz CT molecular complexity index is 452. The number of nitrogens with zero attached hydrogens (tertiary/aromatic N) is 1. The molecule has 0 radical (unpaired) electrons. The van der Waals surface area contributed by atoms with Crippen LogP contribution in [0.4, 0.5) is 0 Å². The number of nitrogens with one attached hydrogen (secondary N) is 3. The highest BCUT2D eigenvalue weighted by Crippen LogP contribution is 2.27. The summed E-state index contributed by atoms with van der Waals surface area (Å²) in [6, 6.07) is 1.49. The molecule has 0 bridgehead atoms. The van der Waals surface area contributed by atoms with E-state index >= 15 is 0 Å². The second-order valence-corrected chi connectivity index (χ2v) is 7.42. The summed E-state index contributed by atoms with van der Waals surface area (Å²) in [4.78, 5) is 23.4. The summed E-state index contributed by atoms with van der Waals surface area (Å²) in [7, 11) is 0. The quantitative estimate of drug-likeness (QED) is 0.662. The van der Waals surface area contributed by atoms with Gasteiger partial charge in [-0.15, -0.1) is 0 Å². The van der Waals surface area contributed by atoms with Crippen LogP contribution in [0.2, 0.25) is 0 Å². The number of hydrogen-bond acceptors (Lipinski definition) is 4. The summed E-state index contributed by atoms with van der Waals surface area (Å²) in [5.41, 5.74) is 0. The maximum Gasteiger partial charge on any atom is 0.234 e. The molecule has 142 valence electrons. The molecule has 0 aromatic rings. The van der Waals surface area contributed by atoms with Crippen LogP contribution in [-0.2, 0) is 9.59 Å². The maximum atomic E-state index is 11.7. The molecule has 6 nitrogen and oxygen atoms in total. The number of hydrogen-bond donors (Lipinski definition) is 3. The average Bonchev–Trinajstić information content (AvgIpc) is 3.32. The van der Waals surface area contributed by atoms with Gasteiger partial charge < -0.3 is 16.0 Å². The highest BCUT2D eigenvalue weighted by Gasteiger charge is 2.26. The van der Waals surface area contributed by atoms with Crippen LogP contribution in [0.1, 0.15) is 57.2 Å². The molecule has 1 saturated heterocycles. The van der Waals surface area contributed by atoms with E-state index in [0.29, 0.717) is 13.0 Å². The molecule has 1 heterocycles. The average molecular weight is 343 g/mol. The molecule has 6 heteroatoms. The van der Waals surface area contributed by atoms with Crippen molar-refractivity contribution in [3.05, 3.63) is 0 Å². The van der Waals surface area contributed by atoms with Gasteiger partial charge in [-0.25, -0.2) is 0 Å². The Hall–Kier alpha value is -1.61. The lowest BCUT2D eigenvalue weighted by molar-refractivity contribution is -0.127. The summed E-state index contributed by atoms with van der Waals surface area (Å²) < 4.78 is 0. The molecule has 3 N–H and O–H groups in total. The van der Waals surface area contributed by atoms with E-state index < -0.39 is 6.04 Å². The van der Waals surface area contributed by atoms with E-state index in [2.05, 4.69) is 42.8 Å². The number of carbonyl (C=O) groups excluding carboxylic acids is 2. The second-order valence-electron chi connectivity index (χ2n) is 7.42. The zero-order valence-electron chi connectivity index (χ0n) is 15.2. The van der Waals surface area contributed by atoms with Crippen molar-refractivity contribution in [3.63, 3.8) is 0 Å². The first-order chi connectivity index (χ1) is 11.4. The van der Waals surface area contributed by atoms with Crippen molar-refractivity contribution in [2.24, 2.45) is 17.8 Å². The third kappa shape index (κ3) is 9.51. The van der Waals surface area contributed by atoms with E-state index in [1.54, 1.807) is 0 Å². The fourth-order valence-corrected chi connectivity index (χ4v) is 2.45. The maximum absolute atomic E-state index is 11.7. The van der Waals surface area contributed by atoms with Crippen LogP contribution in [0, 0.1) is 29.1 Å². The summed E-state index contributed by atoms with van der Waals surface area (Å²) in [5.74, 6) is 1.22. The summed E-state index contributed by atoms with van der Waals surface area (Å²) in [6.45, 7) is 8.32. The Morgan fingerprint density at radius 2 is 2.04 bits per heavy atom. The normalized spacial score (nSPS) is 21.1. The van der Waals surface area contributed by atoms with Crippen LogP contribution in [0.15, 0.2) is 0 Å². The second kappa shape index (κ2) is 11.0. The molecule has 0 aromatic carbocycles. The topological polar surface area (TPSA) is 94.0 Å². The summed E-state index contributed by atoms with van der Waals surface area (Å²) >= 11 is 0. The molecule has 2 aliphatic rings. The van der Waals surface area contributed by atoms with Crippen LogP contribution in [-0.4, -0.2) is 37.5 Å². The summed E-state index contributed by atoms with van der Waals surface area (Å²) in [6.07, 6.45) is 4.61. The van der Waals surface area contributed by atoms with Gasteiger partial charge in [0, 0.05) is 16.7 Å². The van der Waals surface area contributed by atoms with Crippen LogP contribution in [0.3, 0.4) is 0 Å². The minimum absolute atomic E-state index is 0. The third-order valence-corrected chi connectivity index (χ3v) is 3.83. The smallest absolute Gasteiger partial charge is 0.234 e. The van der Waals surface area contributed by atoms with Gasteiger partial charge in [0.1, 0.15) is 6.04 Å². The van der Waals surface area contributed by atoms with Crippen LogP contribution >= 0.6 is 0 Å². The monoisotopic (exact) mass is 342 g/mol. The standard InChI is InChI=1S/C14H22N4O2.C4H10.3H2/c15-7-12(6-11-2-1-5-17-14(11)20)18-13(19)9-16-8-10-3-4-10;1-4(2)3;;;/h10-12,16H,1-6,8-9H2,(H,17,20)(H,18,19);4H,1-3H3;3*1H/t11-,12-;;;;/m0..../s1. The first-order valence-corrected chi connectivity index (χ1v) is 9.09. The molecule has 2 atom stereocenters. The minimum atomic E-state index is -0.584. The Morgan fingerprint density at radius 3 is 2.58 bits per heavy atom. The predicted octanol–water partition coefficient (Wildman–Crippen LogP) is 2.31. The molecule has 2 amide bonds. The largest absolute Gasteiger partial charge is 0.356 e. The molecule has 2 fully saturated rings. The zero-order valence-corrected chi connectivity index (χ0v) is 15.2. The van der Waals surface area contributed by atoms with E-state index in [9.17, 15) is 9.59 Å². The van der Waals surface area contributed by atoms with Gasteiger partial charge in [-0.2, -0.15) is 5.26 Å². The SMILES string of the molecule is CC(C)C.N#C[C@H](C[C@@H]1CCCNC1=O)NC(=O)CNCC1CC1.[HH].[HH].[HH]. The molecule has 24 heavy (non-hydrogen) atoms. The highest BCUT2D eigenvalue weighted by atomic mass is 16.2. The molecular formula is C18H38N4O2. The van der Waals surface area contributed by atoms with Crippen molar-refractivity contribution in [2.75, 3.05) is 19.6 Å². The number of carbonyl (C=O) groups is 2. The van der Waals surface area contributed by atoms with Crippen molar-refractivity contribution in [3.8, 4) is 6.07 Å². The lowest BCUT2D eigenvalue weighted by atomic mass is 9.92. The van der Waals surface area contributed by atoms with Crippen molar-refractivity contribution in [1.29, 1.82) is 5.26 Å². The number of piperidine rings is 1. The van der Waals surface area contributed by atoms with Gasteiger partial charge in [0.05, 0.1) is 12.6 Å². The first-order valence-electron chi connectivity index (χ1n) is 9.09. The van der Waals surface area contributed by atoms with Gasteiger partial charge in [0.25, 0.3) is 0 Å². The van der Waals surface area contributed by atoms with Crippen molar-refractivity contribution in [1.82, 2.24) is 16.0 Å². The highest BCUT2D eigenvalue weighted by molar-refractivity contribution is 5.80. The lowest BCUT2D eigenvalue weighted by Gasteiger charge is -2.23. The van der Waals surface area contributed by atoms with Gasteiger partial charge in [-0.1, -0.05) is 20.8 Å². The van der Waals surface area contributed by atoms with Gasteiger partial charge >= 0.3 is 0 Å². The molecule has 1 aliphatic heterocycles.